The van der Waals surface area contributed by atoms with Crippen molar-refractivity contribution in [2.75, 3.05) is 26.4 Å². The lowest BCUT2D eigenvalue weighted by Gasteiger charge is -2.19. The minimum atomic E-state index is 0.0232. The zero-order chi connectivity index (χ0) is 53.8. The molecule has 0 aliphatic carbocycles. The van der Waals surface area contributed by atoms with Gasteiger partial charge < -0.3 is 14.2 Å². The second-order valence-electron chi connectivity index (χ2n) is 24.8. The van der Waals surface area contributed by atoms with E-state index in [0.717, 1.165) is 32.8 Å². The highest BCUT2D eigenvalue weighted by molar-refractivity contribution is 4.57. The SMILES string of the molecule is CCCCCCCCCCCCCCCCCCOCCCCCCCCCCCCCCCCCC(OCCCCCCCCCCCCCCCCCC)OCCCCCCCCCCCCCCCCCC. The highest BCUT2D eigenvalue weighted by atomic mass is 16.7. The molecule has 452 valence electrons. The topological polar surface area (TPSA) is 27.7 Å². The number of rotatable bonds is 71. The first-order valence-electron chi connectivity index (χ1n) is 36.2. The van der Waals surface area contributed by atoms with Crippen molar-refractivity contribution in [3.8, 4) is 0 Å². The number of hydrogen-bond acceptors (Lipinski definition) is 3. The molecular formula is C72H146O3. The Morgan fingerprint density at radius 3 is 0.493 bits per heavy atom. The van der Waals surface area contributed by atoms with Crippen LogP contribution < -0.4 is 0 Å². The van der Waals surface area contributed by atoms with E-state index >= 15 is 0 Å². The van der Waals surface area contributed by atoms with Gasteiger partial charge in [-0.05, 0) is 38.5 Å². The molecule has 0 aromatic rings. The molecule has 0 rings (SSSR count). The van der Waals surface area contributed by atoms with E-state index in [4.69, 9.17) is 14.2 Å². The summed E-state index contributed by atoms with van der Waals surface area (Å²) in [5.41, 5.74) is 0. The van der Waals surface area contributed by atoms with E-state index in [1.54, 1.807) is 0 Å². The average Bonchev–Trinajstić information content (AvgIpc) is 3.42. The molecule has 0 aromatic heterocycles. The summed E-state index contributed by atoms with van der Waals surface area (Å²) in [5.74, 6) is 0. The van der Waals surface area contributed by atoms with E-state index < -0.39 is 0 Å². The maximum absolute atomic E-state index is 6.43. The van der Waals surface area contributed by atoms with Crippen LogP contribution in [-0.4, -0.2) is 32.7 Å². The Labute approximate surface area is 476 Å². The van der Waals surface area contributed by atoms with E-state index in [1.165, 1.54) is 405 Å². The summed E-state index contributed by atoms with van der Waals surface area (Å²) in [6.07, 6.45) is 90.3. The molecule has 0 spiro atoms. The zero-order valence-electron chi connectivity index (χ0n) is 52.9. The standard InChI is InChI=1S/C72H146O3/c1-4-7-10-13-16-19-22-25-28-33-38-43-48-53-58-63-68-73-69-64-59-54-49-44-39-34-31-32-37-42-47-52-57-62-67-72(74-70-65-60-55-50-45-40-35-29-26-23-20-17-14-11-8-5-2)75-71-66-61-56-51-46-41-36-30-27-24-21-18-15-12-9-6-3/h72H,4-71H2,1-3H3. The maximum Gasteiger partial charge on any atom is 0.157 e. The number of unbranched alkanes of at least 4 members (excludes halogenated alkanes) is 59. The van der Waals surface area contributed by atoms with Crippen molar-refractivity contribution in [3.63, 3.8) is 0 Å². The first kappa shape index (κ1) is 74.9. The average molecular weight is 1060 g/mol. The van der Waals surface area contributed by atoms with Crippen LogP contribution in [0.1, 0.15) is 432 Å². The summed E-state index contributed by atoms with van der Waals surface area (Å²) < 4.78 is 18.8. The molecular weight excluding hydrogens is 913 g/mol. The Balaban J connectivity index is 3.82. The molecule has 0 saturated carbocycles. The molecule has 0 N–H and O–H groups in total. The van der Waals surface area contributed by atoms with Crippen LogP contribution in [0.25, 0.3) is 0 Å². The normalized spacial score (nSPS) is 11.8. The first-order valence-corrected chi connectivity index (χ1v) is 36.2. The minimum absolute atomic E-state index is 0.0232. The van der Waals surface area contributed by atoms with E-state index in [0.29, 0.717) is 0 Å². The summed E-state index contributed by atoms with van der Waals surface area (Å²) in [4.78, 5) is 0. The predicted molar refractivity (Wildman–Crippen MR) is 339 cm³/mol. The summed E-state index contributed by atoms with van der Waals surface area (Å²) in [7, 11) is 0. The Hall–Kier alpha value is -0.120. The maximum atomic E-state index is 6.43. The van der Waals surface area contributed by atoms with Crippen LogP contribution in [0.5, 0.6) is 0 Å². The molecule has 0 bridgehead atoms. The van der Waals surface area contributed by atoms with Crippen LogP contribution in [0.4, 0.5) is 0 Å². The monoisotopic (exact) mass is 1060 g/mol. The second kappa shape index (κ2) is 71.9. The van der Waals surface area contributed by atoms with Crippen LogP contribution in [0.2, 0.25) is 0 Å². The first-order chi connectivity index (χ1) is 37.3. The molecule has 0 amide bonds. The van der Waals surface area contributed by atoms with E-state index in [1.807, 2.05) is 0 Å². The fourth-order valence-electron chi connectivity index (χ4n) is 11.6. The van der Waals surface area contributed by atoms with Gasteiger partial charge in [0, 0.05) is 26.4 Å². The van der Waals surface area contributed by atoms with Crippen molar-refractivity contribution in [3.05, 3.63) is 0 Å². The van der Waals surface area contributed by atoms with Gasteiger partial charge in [0.05, 0.1) is 0 Å². The van der Waals surface area contributed by atoms with Gasteiger partial charge in [-0.3, -0.25) is 0 Å². The van der Waals surface area contributed by atoms with Crippen molar-refractivity contribution in [1.29, 1.82) is 0 Å². The van der Waals surface area contributed by atoms with Crippen LogP contribution in [0.15, 0.2) is 0 Å². The fourth-order valence-corrected chi connectivity index (χ4v) is 11.6. The van der Waals surface area contributed by atoms with Crippen molar-refractivity contribution >= 4 is 0 Å². The van der Waals surface area contributed by atoms with Crippen LogP contribution in [0, 0.1) is 0 Å². The molecule has 0 radical (unpaired) electrons. The van der Waals surface area contributed by atoms with E-state index in [9.17, 15) is 0 Å². The van der Waals surface area contributed by atoms with Crippen LogP contribution in [0.3, 0.4) is 0 Å². The predicted octanol–water partition coefficient (Wildman–Crippen LogP) is 26.4. The minimum Gasteiger partial charge on any atom is -0.381 e. The lowest BCUT2D eigenvalue weighted by atomic mass is 10.0. The highest BCUT2D eigenvalue weighted by Crippen LogP contribution is 2.20. The Morgan fingerprint density at radius 2 is 0.307 bits per heavy atom. The Morgan fingerprint density at radius 1 is 0.160 bits per heavy atom. The van der Waals surface area contributed by atoms with Gasteiger partial charge in [-0.1, -0.05) is 393 Å². The molecule has 0 atom stereocenters. The lowest BCUT2D eigenvalue weighted by molar-refractivity contribution is -0.148. The molecule has 0 fully saturated rings. The van der Waals surface area contributed by atoms with Gasteiger partial charge in [-0.15, -0.1) is 0 Å². The molecule has 0 aliphatic heterocycles. The second-order valence-corrected chi connectivity index (χ2v) is 24.8. The van der Waals surface area contributed by atoms with Gasteiger partial charge in [-0.2, -0.15) is 0 Å². The van der Waals surface area contributed by atoms with Crippen LogP contribution in [-0.2, 0) is 14.2 Å². The zero-order valence-corrected chi connectivity index (χ0v) is 52.9. The summed E-state index contributed by atoms with van der Waals surface area (Å²) in [5, 5.41) is 0. The summed E-state index contributed by atoms with van der Waals surface area (Å²) in [6.45, 7) is 10.7. The summed E-state index contributed by atoms with van der Waals surface area (Å²) >= 11 is 0. The van der Waals surface area contributed by atoms with Crippen molar-refractivity contribution in [2.24, 2.45) is 0 Å². The molecule has 0 aliphatic rings. The molecule has 75 heavy (non-hydrogen) atoms. The number of hydrogen-bond donors (Lipinski definition) is 0. The molecule has 0 saturated heterocycles. The van der Waals surface area contributed by atoms with Crippen molar-refractivity contribution < 1.29 is 14.2 Å². The van der Waals surface area contributed by atoms with Gasteiger partial charge in [0.15, 0.2) is 6.29 Å². The summed E-state index contributed by atoms with van der Waals surface area (Å²) in [6, 6.07) is 0. The van der Waals surface area contributed by atoms with Gasteiger partial charge >= 0.3 is 0 Å². The smallest absolute Gasteiger partial charge is 0.157 e. The van der Waals surface area contributed by atoms with Gasteiger partial charge in [0.1, 0.15) is 0 Å². The van der Waals surface area contributed by atoms with Crippen molar-refractivity contribution in [2.45, 2.75) is 438 Å². The lowest BCUT2D eigenvalue weighted by Crippen LogP contribution is -2.19. The molecule has 3 nitrogen and oxygen atoms in total. The Bertz CT molecular complexity index is 899. The van der Waals surface area contributed by atoms with Gasteiger partial charge in [0.25, 0.3) is 0 Å². The molecule has 0 aromatic carbocycles. The van der Waals surface area contributed by atoms with Gasteiger partial charge in [-0.25, -0.2) is 0 Å². The van der Waals surface area contributed by atoms with E-state index in [2.05, 4.69) is 20.8 Å². The highest BCUT2D eigenvalue weighted by Gasteiger charge is 2.10. The fraction of sp³-hybridized carbons (Fsp3) is 1.00. The van der Waals surface area contributed by atoms with Crippen LogP contribution >= 0.6 is 0 Å². The third kappa shape index (κ3) is 69.9. The molecule has 0 heterocycles. The number of ether oxygens (including phenoxy) is 3. The third-order valence-electron chi connectivity index (χ3n) is 17.0. The Kier molecular flexibility index (Phi) is 71.8. The molecule has 0 unspecified atom stereocenters. The van der Waals surface area contributed by atoms with Gasteiger partial charge in [0.2, 0.25) is 0 Å². The van der Waals surface area contributed by atoms with E-state index in [-0.39, 0.29) is 6.29 Å². The van der Waals surface area contributed by atoms with Crippen molar-refractivity contribution in [1.82, 2.24) is 0 Å². The quantitative estimate of drug-likeness (QED) is 0.0449. The largest absolute Gasteiger partial charge is 0.381 e. The third-order valence-corrected chi connectivity index (χ3v) is 17.0. The molecule has 3 heteroatoms.